The molecule has 0 saturated carbocycles. The van der Waals surface area contributed by atoms with Gasteiger partial charge < -0.3 is 14.4 Å². The lowest BCUT2D eigenvalue weighted by molar-refractivity contribution is -0.163. The number of alkyl halides is 3. The van der Waals surface area contributed by atoms with Crippen molar-refractivity contribution in [3.63, 3.8) is 0 Å². The standard InChI is InChI=1S/C13H16F3N3O3/c1-21-10-6-17-7-11(18-10)22-9-3-2-4-19(8-9)12(20)5-13(14,15)16/h6-7,9H,2-5,8H2,1H3/t9-/m0/s1. The van der Waals surface area contributed by atoms with Crippen molar-refractivity contribution >= 4 is 5.91 Å². The third-order valence-corrected chi connectivity index (χ3v) is 3.17. The van der Waals surface area contributed by atoms with E-state index in [2.05, 4.69) is 9.97 Å². The van der Waals surface area contributed by atoms with E-state index in [0.717, 1.165) is 0 Å². The number of nitrogens with zero attached hydrogens (tertiary/aromatic N) is 3. The van der Waals surface area contributed by atoms with Gasteiger partial charge in [0.1, 0.15) is 12.5 Å². The predicted molar refractivity (Wildman–Crippen MR) is 69.5 cm³/mol. The van der Waals surface area contributed by atoms with E-state index in [0.29, 0.717) is 19.4 Å². The van der Waals surface area contributed by atoms with Crippen LogP contribution in [0.4, 0.5) is 13.2 Å². The van der Waals surface area contributed by atoms with Gasteiger partial charge in [0.25, 0.3) is 0 Å². The summed E-state index contributed by atoms with van der Waals surface area (Å²) in [6, 6.07) is 0. The number of amides is 1. The van der Waals surface area contributed by atoms with Gasteiger partial charge in [0.05, 0.1) is 26.0 Å². The fourth-order valence-electron chi connectivity index (χ4n) is 2.20. The molecule has 2 rings (SSSR count). The Kier molecular flexibility index (Phi) is 5.04. The van der Waals surface area contributed by atoms with E-state index in [4.69, 9.17) is 9.47 Å². The Morgan fingerprint density at radius 1 is 1.41 bits per heavy atom. The van der Waals surface area contributed by atoms with Crippen LogP contribution >= 0.6 is 0 Å². The zero-order valence-electron chi connectivity index (χ0n) is 12.0. The topological polar surface area (TPSA) is 64.6 Å². The molecule has 0 aromatic carbocycles. The smallest absolute Gasteiger partial charge is 0.397 e. The van der Waals surface area contributed by atoms with E-state index in [1.54, 1.807) is 0 Å². The monoisotopic (exact) mass is 319 g/mol. The number of hydrogen-bond donors (Lipinski definition) is 0. The number of likely N-dealkylation sites (tertiary alicyclic amines) is 1. The van der Waals surface area contributed by atoms with Crippen LogP contribution in [0.15, 0.2) is 12.4 Å². The first-order chi connectivity index (χ1) is 10.4. The summed E-state index contributed by atoms with van der Waals surface area (Å²) < 4.78 is 47.3. The molecule has 0 N–H and O–H groups in total. The molecule has 0 radical (unpaired) electrons. The normalized spacial score (nSPS) is 18.9. The summed E-state index contributed by atoms with van der Waals surface area (Å²) >= 11 is 0. The number of aromatic nitrogens is 2. The summed E-state index contributed by atoms with van der Waals surface area (Å²) in [6.45, 7) is 0.409. The van der Waals surface area contributed by atoms with Crippen LogP contribution in [0, 0.1) is 0 Å². The molecule has 1 amide bonds. The maximum absolute atomic E-state index is 12.3. The van der Waals surface area contributed by atoms with Gasteiger partial charge >= 0.3 is 6.18 Å². The van der Waals surface area contributed by atoms with Crippen molar-refractivity contribution in [2.75, 3.05) is 20.2 Å². The molecule has 1 fully saturated rings. The first-order valence-electron chi connectivity index (χ1n) is 6.74. The molecule has 122 valence electrons. The van der Waals surface area contributed by atoms with E-state index < -0.39 is 24.6 Å². The van der Waals surface area contributed by atoms with Crippen molar-refractivity contribution in [1.29, 1.82) is 0 Å². The van der Waals surface area contributed by atoms with Crippen LogP contribution in [0.1, 0.15) is 19.3 Å². The second-order valence-corrected chi connectivity index (χ2v) is 4.91. The Bertz CT molecular complexity index is 525. The zero-order chi connectivity index (χ0) is 16.2. The molecule has 0 bridgehead atoms. The average Bonchev–Trinajstić information content (AvgIpc) is 2.46. The highest BCUT2D eigenvalue weighted by Crippen LogP contribution is 2.23. The van der Waals surface area contributed by atoms with Crippen molar-refractivity contribution in [1.82, 2.24) is 14.9 Å². The number of halogens is 3. The summed E-state index contributed by atoms with van der Waals surface area (Å²) in [6.07, 6.45) is -2.35. The van der Waals surface area contributed by atoms with Crippen LogP contribution in [0.5, 0.6) is 11.8 Å². The van der Waals surface area contributed by atoms with E-state index >= 15 is 0 Å². The van der Waals surface area contributed by atoms with Crippen LogP contribution in [-0.4, -0.2) is 53.3 Å². The molecule has 1 aromatic rings. The number of ether oxygens (including phenoxy) is 2. The molecule has 9 heteroatoms. The lowest BCUT2D eigenvalue weighted by Crippen LogP contribution is -2.45. The Morgan fingerprint density at radius 2 is 2.14 bits per heavy atom. The molecular formula is C13H16F3N3O3. The van der Waals surface area contributed by atoms with Crippen molar-refractivity contribution in [3.8, 4) is 11.8 Å². The number of hydrogen-bond acceptors (Lipinski definition) is 5. The molecule has 0 unspecified atom stereocenters. The molecule has 6 nitrogen and oxygen atoms in total. The third-order valence-electron chi connectivity index (χ3n) is 3.17. The lowest BCUT2D eigenvalue weighted by Gasteiger charge is -2.32. The second-order valence-electron chi connectivity index (χ2n) is 4.91. The number of carbonyl (C=O) groups excluding carboxylic acids is 1. The minimum absolute atomic E-state index is 0.105. The minimum atomic E-state index is -4.50. The molecule has 22 heavy (non-hydrogen) atoms. The highest BCUT2D eigenvalue weighted by Gasteiger charge is 2.35. The number of rotatable bonds is 4. The third kappa shape index (κ3) is 4.74. The summed E-state index contributed by atoms with van der Waals surface area (Å²) in [5.41, 5.74) is 0. The molecular weight excluding hydrogens is 303 g/mol. The van der Waals surface area contributed by atoms with Crippen LogP contribution in [0.2, 0.25) is 0 Å². The van der Waals surface area contributed by atoms with Crippen LogP contribution in [-0.2, 0) is 4.79 Å². The molecule has 1 aromatic heterocycles. The molecule has 1 aliphatic rings. The fraction of sp³-hybridized carbons (Fsp3) is 0.615. The number of piperidine rings is 1. The summed E-state index contributed by atoms with van der Waals surface area (Å²) in [4.78, 5) is 20.7. The van der Waals surface area contributed by atoms with E-state index in [9.17, 15) is 18.0 Å². The lowest BCUT2D eigenvalue weighted by atomic mass is 10.1. The molecule has 2 heterocycles. The Hall–Kier alpha value is -2.06. The highest BCUT2D eigenvalue weighted by atomic mass is 19.4. The Balaban J connectivity index is 1.94. The van der Waals surface area contributed by atoms with Crippen molar-refractivity contribution in [2.45, 2.75) is 31.5 Å². The van der Waals surface area contributed by atoms with E-state index in [1.807, 2.05) is 0 Å². The van der Waals surface area contributed by atoms with Crippen molar-refractivity contribution in [3.05, 3.63) is 12.4 Å². The SMILES string of the molecule is COc1cncc(O[C@H]2CCCN(C(=O)CC(F)(F)F)C2)n1. The van der Waals surface area contributed by atoms with Gasteiger partial charge in [0.2, 0.25) is 17.7 Å². The molecule has 1 atom stereocenters. The molecule has 1 aliphatic heterocycles. The van der Waals surface area contributed by atoms with Gasteiger partial charge in [0, 0.05) is 6.54 Å². The second kappa shape index (κ2) is 6.80. The maximum Gasteiger partial charge on any atom is 0.397 e. The predicted octanol–water partition coefficient (Wildman–Crippen LogP) is 1.81. The molecule has 0 aliphatic carbocycles. The number of methoxy groups -OCH3 is 1. The largest absolute Gasteiger partial charge is 0.480 e. The van der Waals surface area contributed by atoms with Crippen molar-refractivity contribution < 1.29 is 27.4 Å². The summed E-state index contributed by atoms with van der Waals surface area (Å²) in [5, 5.41) is 0. The first-order valence-corrected chi connectivity index (χ1v) is 6.74. The first kappa shape index (κ1) is 16.3. The Morgan fingerprint density at radius 3 is 2.82 bits per heavy atom. The maximum atomic E-state index is 12.3. The minimum Gasteiger partial charge on any atom is -0.480 e. The fourth-order valence-corrected chi connectivity index (χ4v) is 2.20. The highest BCUT2D eigenvalue weighted by molar-refractivity contribution is 5.77. The van der Waals surface area contributed by atoms with E-state index in [-0.39, 0.29) is 18.3 Å². The van der Waals surface area contributed by atoms with Gasteiger partial charge in [-0.3, -0.25) is 9.78 Å². The van der Waals surface area contributed by atoms with E-state index in [1.165, 1.54) is 24.4 Å². The van der Waals surface area contributed by atoms with Gasteiger partial charge in [-0.2, -0.15) is 18.2 Å². The zero-order valence-corrected chi connectivity index (χ0v) is 12.0. The Labute approximate surface area is 125 Å². The quantitative estimate of drug-likeness (QED) is 0.847. The van der Waals surface area contributed by atoms with Crippen molar-refractivity contribution in [2.24, 2.45) is 0 Å². The molecule has 1 saturated heterocycles. The molecule has 0 spiro atoms. The van der Waals surface area contributed by atoms with Crippen LogP contribution in [0.3, 0.4) is 0 Å². The summed E-state index contributed by atoms with van der Waals surface area (Å²) in [5.74, 6) is -0.440. The van der Waals surface area contributed by atoms with Gasteiger partial charge in [-0.05, 0) is 12.8 Å². The summed E-state index contributed by atoms with van der Waals surface area (Å²) in [7, 11) is 1.44. The van der Waals surface area contributed by atoms with Crippen LogP contribution < -0.4 is 9.47 Å². The van der Waals surface area contributed by atoms with Crippen LogP contribution in [0.25, 0.3) is 0 Å². The average molecular weight is 319 g/mol. The van der Waals surface area contributed by atoms with Gasteiger partial charge in [-0.15, -0.1) is 0 Å². The van der Waals surface area contributed by atoms with Gasteiger partial charge in [0.15, 0.2) is 0 Å². The van der Waals surface area contributed by atoms with Gasteiger partial charge in [-0.25, -0.2) is 0 Å². The van der Waals surface area contributed by atoms with Gasteiger partial charge in [-0.1, -0.05) is 0 Å². The number of carbonyl (C=O) groups is 1.